The number of carbonyl (C=O) groups excluding carboxylic acids is 1. The summed E-state index contributed by atoms with van der Waals surface area (Å²) >= 11 is 0. The molecule has 0 fully saturated rings. The van der Waals surface area contributed by atoms with Gasteiger partial charge in [-0.15, -0.1) is 0 Å². The highest BCUT2D eigenvalue weighted by molar-refractivity contribution is 6.04. The van der Waals surface area contributed by atoms with E-state index in [-0.39, 0.29) is 5.91 Å². The first-order valence-corrected chi connectivity index (χ1v) is 7.91. The zero-order valence-corrected chi connectivity index (χ0v) is 14.5. The summed E-state index contributed by atoms with van der Waals surface area (Å²) < 4.78 is 1.66. The molecule has 0 aliphatic rings. The number of pyridine rings is 2. The number of nitrogens with zero attached hydrogens (tertiary/aromatic N) is 6. The van der Waals surface area contributed by atoms with Crippen LogP contribution in [0.25, 0.3) is 0 Å². The average molecular weight is 350 g/mol. The van der Waals surface area contributed by atoms with Crippen LogP contribution in [0.4, 0.5) is 5.69 Å². The van der Waals surface area contributed by atoms with Crippen LogP contribution in [-0.4, -0.2) is 38.7 Å². The minimum atomic E-state index is -0.191. The number of amides is 1. The van der Waals surface area contributed by atoms with Crippen molar-refractivity contribution in [2.45, 2.75) is 6.61 Å². The maximum Gasteiger partial charge on any atom is 0.276 e. The largest absolute Gasteiger partial charge is 0.391 e. The lowest BCUT2D eigenvalue weighted by molar-refractivity contribution is 0.0985. The normalized spacial score (nSPS) is 10.8. The zero-order valence-electron chi connectivity index (χ0n) is 14.5. The molecule has 0 unspecified atom stereocenters. The Labute approximate surface area is 150 Å². The number of aromatic nitrogens is 4. The summed E-state index contributed by atoms with van der Waals surface area (Å²) in [4.78, 5) is 31.7. The van der Waals surface area contributed by atoms with Crippen LogP contribution in [0.3, 0.4) is 0 Å². The van der Waals surface area contributed by atoms with Crippen molar-refractivity contribution in [1.29, 1.82) is 0 Å². The van der Waals surface area contributed by atoms with Crippen molar-refractivity contribution in [1.82, 2.24) is 19.5 Å². The van der Waals surface area contributed by atoms with Gasteiger partial charge >= 0.3 is 0 Å². The van der Waals surface area contributed by atoms with Crippen LogP contribution in [-0.2, 0) is 18.5 Å². The molecule has 0 N–H and O–H groups in total. The first kappa shape index (κ1) is 17.3. The Morgan fingerprint density at radius 3 is 2.69 bits per heavy atom. The SMILES string of the molecule is CN(C(=O)c1cnc(/C=N/OCc2cccnc2)n1C)c1cccnc1. The Bertz CT molecular complexity index is 893. The molecule has 0 aliphatic carbocycles. The van der Waals surface area contributed by atoms with Crippen molar-refractivity contribution in [3.8, 4) is 0 Å². The molecule has 0 saturated carbocycles. The second-order valence-electron chi connectivity index (χ2n) is 5.51. The number of hydrogen-bond acceptors (Lipinski definition) is 6. The van der Waals surface area contributed by atoms with E-state index < -0.39 is 0 Å². The van der Waals surface area contributed by atoms with Crippen molar-refractivity contribution in [2.24, 2.45) is 12.2 Å². The van der Waals surface area contributed by atoms with Gasteiger partial charge in [-0.1, -0.05) is 11.2 Å². The van der Waals surface area contributed by atoms with E-state index in [2.05, 4.69) is 20.1 Å². The number of carbonyl (C=O) groups is 1. The lowest BCUT2D eigenvalue weighted by atomic mass is 10.3. The van der Waals surface area contributed by atoms with Crippen LogP contribution in [0.5, 0.6) is 0 Å². The van der Waals surface area contributed by atoms with Crippen molar-refractivity contribution in [3.63, 3.8) is 0 Å². The molecular formula is C18H18N6O2. The second kappa shape index (κ2) is 8.02. The van der Waals surface area contributed by atoms with Crippen LogP contribution in [0, 0.1) is 0 Å². The van der Waals surface area contributed by atoms with Gasteiger partial charge in [0.2, 0.25) is 0 Å². The zero-order chi connectivity index (χ0) is 18.4. The summed E-state index contributed by atoms with van der Waals surface area (Å²) in [5.41, 5.74) is 2.05. The molecule has 26 heavy (non-hydrogen) atoms. The molecule has 3 heterocycles. The predicted molar refractivity (Wildman–Crippen MR) is 96.8 cm³/mol. The van der Waals surface area contributed by atoms with Crippen molar-refractivity contribution >= 4 is 17.8 Å². The highest BCUT2D eigenvalue weighted by Crippen LogP contribution is 2.14. The van der Waals surface area contributed by atoms with Gasteiger partial charge in [-0.2, -0.15) is 0 Å². The lowest BCUT2D eigenvalue weighted by Crippen LogP contribution is -2.28. The smallest absolute Gasteiger partial charge is 0.276 e. The van der Waals surface area contributed by atoms with Crippen molar-refractivity contribution in [2.75, 3.05) is 11.9 Å². The van der Waals surface area contributed by atoms with Gasteiger partial charge in [-0.25, -0.2) is 4.98 Å². The van der Waals surface area contributed by atoms with Gasteiger partial charge in [-0.3, -0.25) is 14.8 Å². The molecule has 0 radical (unpaired) electrons. The molecule has 0 spiro atoms. The third-order valence-corrected chi connectivity index (χ3v) is 3.78. The summed E-state index contributed by atoms with van der Waals surface area (Å²) in [6, 6.07) is 7.32. The van der Waals surface area contributed by atoms with Crippen molar-refractivity contribution in [3.05, 3.63) is 72.3 Å². The number of anilines is 1. The Balaban J connectivity index is 1.65. The lowest BCUT2D eigenvalue weighted by Gasteiger charge is -2.16. The summed E-state index contributed by atoms with van der Waals surface area (Å²) in [6.07, 6.45) is 9.67. The van der Waals surface area contributed by atoms with Gasteiger partial charge in [0.05, 0.1) is 18.1 Å². The van der Waals surface area contributed by atoms with Gasteiger partial charge in [-0.05, 0) is 18.2 Å². The number of hydrogen-bond donors (Lipinski definition) is 0. The molecule has 8 nitrogen and oxygen atoms in total. The van der Waals surface area contributed by atoms with Gasteiger partial charge in [0.15, 0.2) is 5.82 Å². The predicted octanol–water partition coefficient (Wildman–Crippen LogP) is 2.04. The standard InChI is InChI=1S/C18H18N6O2/c1-23(15-6-4-8-20-10-15)18(25)16-11-21-17(24(16)2)12-22-26-13-14-5-3-7-19-9-14/h3-12H,13H2,1-2H3/b22-12+. The molecule has 0 atom stereocenters. The number of oxime groups is 1. The van der Waals surface area contributed by atoms with E-state index in [1.54, 1.807) is 49.5 Å². The number of rotatable bonds is 6. The molecule has 3 rings (SSSR count). The molecule has 0 aliphatic heterocycles. The molecule has 0 bridgehead atoms. The molecule has 132 valence electrons. The average Bonchev–Trinajstić information content (AvgIpc) is 3.06. The minimum absolute atomic E-state index is 0.191. The fraction of sp³-hybridized carbons (Fsp3) is 0.167. The Morgan fingerprint density at radius 2 is 2.00 bits per heavy atom. The summed E-state index contributed by atoms with van der Waals surface area (Å²) in [6.45, 7) is 0.310. The van der Waals surface area contributed by atoms with Crippen LogP contribution < -0.4 is 4.90 Å². The molecule has 1 amide bonds. The van der Waals surface area contributed by atoms with Gasteiger partial charge in [0.1, 0.15) is 18.5 Å². The van der Waals surface area contributed by atoms with E-state index in [4.69, 9.17) is 4.84 Å². The van der Waals surface area contributed by atoms with Crippen LogP contribution in [0.15, 0.2) is 60.4 Å². The highest BCUT2D eigenvalue weighted by Gasteiger charge is 2.18. The van der Waals surface area contributed by atoms with Crippen LogP contribution in [0.2, 0.25) is 0 Å². The first-order valence-electron chi connectivity index (χ1n) is 7.91. The van der Waals surface area contributed by atoms with Gasteiger partial charge in [0.25, 0.3) is 5.91 Å². The molecule has 3 aromatic heterocycles. The van der Waals surface area contributed by atoms with E-state index in [9.17, 15) is 4.79 Å². The maximum absolute atomic E-state index is 12.6. The first-order chi connectivity index (χ1) is 12.7. The Kier molecular flexibility index (Phi) is 5.33. The summed E-state index contributed by atoms with van der Waals surface area (Å²) in [5.74, 6) is 0.322. The van der Waals surface area contributed by atoms with E-state index in [1.807, 2.05) is 18.2 Å². The van der Waals surface area contributed by atoms with Crippen LogP contribution in [0.1, 0.15) is 21.9 Å². The summed E-state index contributed by atoms with van der Waals surface area (Å²) in [7, 11) is 3.44. The third kappa shape index (κ3) is 3.92. The quantitative estimate of drug-likeness (QED) is 0.502. The minimum Gasteiger partial charge on any atom is -0.391 e. The summed E-state index contributed by atoms with van der Waals surface area (Å²) in [5, 5.41) is 3.90. The number of imidazole rings is 1. The second-order valence-corrected chi connectivity index (χ2v) is 5.51. The molecule has 0 saturated heterocycles. The topological polar surface area (TPSA) is 85.5 Å². The van der Waals surface area contributed by atoms with E-state index in [0.717, 1.165) is 5.56 Å². The maximum atomic E-state index is 12.6. The Morgan fingerprint density at radius 1 is 1.23 bits per heavy atom. The fourth-order valence-corrected chi connectivity index (χ4v) is 2.26. The third-order valence-electron chi connectivity index (χ3n) is 3.78. The monoisotopic (exact) mass is 350 g/mol. The fourth-order valence-electron chi connectivity index (χ4n) is 2.26. The Hall–Kier alpha value is -3.55. The van der Waals surface area contributed by atoms with Crippen molar-refractivity contribution < 1.29 is 9.63 Å². The molecular weight excluding hydrogens is 332 g/mol. The molecule has 3 aromatic rings. The van der Waals surface area contributed by atoms with Crippen LogP contribution >= 0.6 is 0 Å². The highest BCUT2D eigenvalue weighted by atomic mass is 16.6. The van der Waals surface area contributed by atoms with Gasteiger partial charge in [0, 0.05) is 38.2 Å². The van der Waals surface area contributed by atoms with E-state index in [1.165, 1.54) is 17.3 Å². The van der Waals surface area contributed by atoms with E-state index in [0.29, 0.717) is 23.8 Å². The van der Waals surface area contributed by atoms with Gasteiger partial charge < -0.3 is 14.3 Å². The molecule has 8 heteroatoms. The molecule has 0 aromatic carbocycles. The van der Waals surface area contributed by atoms with E-state index >= 15 is 0 Å².